The zero-order valence-electron chi connectivity index (χ0n) is 23.2. The van der Waals surface area contributed by atoms with Crippen LogP contribution in [-0.4, -0.2) is 17.7 Å². The Morgan fingerprint density at radius 1 is 0.690 bits per heavy atom. The number of amides is 3. The molecule has 0 fully saturated rings. The van der Waals surface area contributed by atoms with E-state index in [2.05, 4.69) is 16.0 Å². The molecule has 9 heteroatoms. The quantitative estimate of drug-likeness (QED) is 0.144. The molecule has 0 bridgehead atoms. The fourth-order valence-electron chi connectivity index (χ4n) is 4.44. The minimum atomic E-state index is -1.13. The second kappa shape index (κ2) is 13.5. The lowest BCUT2D eigenvalue weighted by Gasteiger charge is -2.23. The fourth-order valence-corrected chi connectivity index (χ4v) is 4.44. The summed E-state index contributed by atoms with van der Waals surface area (Å²) in [5.74, 6) is -3.30. The van der Waals surface area contributed by atoms with Crippen LogP contribution in [0.25, 0.3) is 0 Å². The van der Waals surface area contributed by atoms with Gasteiger partial charge in [0.15, 0.2) is 0 Å². The Morgan fingerprint density at radius 3 is 1.64 bits per heavy atom. The molecule has 4 aromatic carbocycles. The van der Waals surface area contributed by atoms with Gasteiger partial charge < -0.3 is 21.7 Å². The van der Waals surface area contributed by atoms with Gasteiger partial charge in [-0.2, -0.15) is 0 Å². The lowest BCUT2D eigenvalue weighted by molar-refractivity contribution is -0.136. The van der Waals surface area contributed by atoms with Crippen LogP contribution in [0.4, 0.5) is 20.2 Å². The Kier molecular flexibility index (Phi) is 9.65. The lowest BCUT2D eigenvalue weighted by Crippen LogP contribution is -2.43. The van der Waals surface area contributed by atoms with Crippen molar-refractivity contribution < 1.29 is 23.2 Å². The summed E-state index contributed by atoms with van der Waals surface area (Å²) in [6.45, 7) is 3.49. The molecule has 0 saturated heterocycles. The first-order valence-corrected chi connectivity index (χ1v) is 13.5. The van der Waals surface area contributed by atoms with Crippen molar-refractivity contribution in [2.75, 3.05) is 11.1 Å². The van der Waals surface area contributed by atoms with Crippen molar-refractivity contribution >= 4 is 29.1 Å². The number of para-hydroxylation sites is 2. The molecular formula is C33H32F2N4O3. The number of carbonyl (C=O) groups is 3. The first kappa shape index (κ1) is 29.9. The van der Waals surface area contributed by atoms with Gasteiger partial charge in [-0.1, -0.05) is 48.5 Å². The molecule has 5 N–H and O–H groups in total. The summed E-state index contributed by atoms with van der Waals surface area (Å²) >= 11 is 0. The maximum Gasteiger partial charge on any atom is 0.255 e. The van der Waals surface area contributed by atoms with Crippen molar-refractivity contribution in [3.63, 3.8) is 0 Å². The highest BCUT2D eigenvalue weighted by molar-refractivity contribution is 6.05. The molecule has 42 heavy (non-hydrogen) atoms. The number of carbonyl (C=O) groups excluding carboxylic acids is 3. The summed E-state index contributed by atoms with van der Waals surface area (Å²) < 4.78 is 26.8. The zero-order chi connectivity index (χ0) is 30.2. The highest BCUT2D eigenvalue weighted by Gasteiger charge is 2.29. The third-order valence-corrected chi connectivity index (χ3v) is 6.96. The van der Waals surface area contributed by atoms with E-state index in [0.29, 0.717) is 33.6 Å². The molecule has 216 valence electrons. The second-order valence-corrected chi connectivity index (χ2v) is 10.1. The number of anilines is 2. The molecule has 0 spiro atoms. The Morgan fingerprint density at radius 2 is 1.17 bits per heavy atom. The maximum absolute atomic E-state index is 13.4. The topological polar surface area (TPSA) is 113 Å². The molecule has 0 saturated carbocycles. The van der Waals surface area contributed by atoms with Gasteiger partial charge in [0.1, 0.15) is 17.6 Å². The van der Waals surface area contributed by atoms with E-state index in [4.69, 9.17) is 5.73 Å². The van der Waals surface area contributed by atoms with E-state index in [1.54, 1.807) is 86.6 Å². The number of nitrogens with one attached hydrogen (secondary N) is 3. The number of rotatable bonds is 10. The van der Waals surface area contributed by atoms with Gasteiger partial charge in [0.2, 0.25) is 11.8 Å². The first-order valence-electron chi connectivity index (χ1n) is 13.5. The van der Waals surface area contributed by atoms with Crippen molar-refractivity contribution in [1.29, 1.82) is 0 Å². The van der Waals surface area contributed by atoms with Crippen LogP contribution in [0.2, 0.25) is 0 Å². The van der Waals surface area contributed by atoms with Crippen LogP contribution in [0.3, 0.4) is 0 Å². The molecule has 4 aromatic rings. The van der Waals surface area contributed by atoms with Crippen molar-refractivity contribution in [3.05, 3.63) is 131 Å². The van der Waals surface area contributed by atoms with Gasteiger partial charge in [-0.3, -0.25) is 14.4 Å². The van der Waals surface area contributed by atoms with Crippen LogP contribution in [-0.2, 0) is 16.0 Å². The molecule has 7 nitrogen and oxygen atoms in total. The average Bonchev–Trinajstić information content (AvgIpc) is 2.97. The minimum absolute atomic E-state index is 0.0531. The summed E-state index contributed by atoms with van der Waals surface area (Å²) in [4.78, 5) is 39.6. The van der Waals surface area contributed by atoms with Crippen molar-refractivity contribution in [1.82, 2.24) is 10.6 Å². The SMILES string of the molecule is CC(NC(=O)C(Cc1ccc(C(=O)Nc2ccccc2N)cc1)C(=O)NC(C)c1ccc(F)cc1)c1ccc(F)cc1. The van der Waals surface area contributed by atoms with Gasteiger partial charge in [0.05, 0.1) is 23.5 Å². The summed E-state index contributed by atoms with van der Waals surface area (Å²) in [6, 6.07) is 24.0. The molecule has 2 unspecified atom stereocenters. The van der Waals surface area contributed by atoms with Crippen molar-refractivity contribution in [2.45, 2.75) is 32.4 Å². The van der Waals surface area contributed by atoms with Crippen LogP contribution in [0.15, 0.2) is 97.1 Å². The highest BCUT2D eigenvalue weighted by Crippen LogP contribution is 2.21. The number of nitrogen functional groups attached to an aromatic ring is 1. The van der Waals surface area contributed by atoms with Crippen LogP contribution < -0.4 is 21.7 Å². The van der Waals surface area contributed by atoms with Gasteiger partial charge in [-0.25, -0.2) is 8.78 Å². The number of benzene rings is 4. The van der Waals surface area contributed by atoms with E-state index in [-0.39, 0.29) is 12.3 Å². The van der Waals surface area contributed by atoms with Gasteiger partial charge in [0, 0.05) is 5.56 Å². The largest absolute Gasteiger partial charge is 0.397 e. The molecule has 0 aromatic heterocycles. The van der Waals surface area contributed by atoms with Gasteiger partial charge in [-0.05, 0) is 85.5 Å². The lowest BCUT2D eigenvalue weighted by atomic mass is 9.95. The number of hydrogen-bond donors (Lipinski definition) is 4. The van der Waals surface area contributed by atoms with Crippen LogP contribution in [0.1, 0.15) is 53.0 Å². The monoisotopic (exact) mass is 570 g/mol. The number of halogens is 2. The van der Waals surface area contributed by atoms with E-state index in [1.165, 1.54) is 24.3 Å². The van der Waals surface area contributed by atoms with Crippen LogP contribution in [0, 0.1) is 17.6 Å². The first-order chi connectivity index (χ1) is 20.1. The third kappa shape index (κ3) is 7.78. The Bertz CT molecular complexity index is 1480. The molecule has 0 aliphatic heterocycles. The third-order valence-electron chi connectivity index (χ3n) is 6.96. The maximum atomic E-state index is 13.4. The van der Waals surface area contributed by atoms with Crippen LogP contribution >= 0.6 is 0 Å². The molecular weight excluding hydrogens is 538 g/mol. The Balaban J connectivity index is 1.50. The van der Waals surface area contributed by atoms with E-state index in [9.17, 15) is 23.2 Å². The minimum Gasteiger partial charge on any atom is -0.397 e. The summed E-state index contributed by atoms with van der Waals surface area (Å²) in [7, 11) is 0. The summed E-state index contributed by atoms with van der Waals surface area (Å²) in [5.41, 5.74) is 9.24. The predicted octanol–water partition coefficient (Wildman–Crippen LogP) is 5.71. The normalized spacial score (nSPS) is 13.0. The molecule has 0 heterocycles. The van der Waals surface area contributed by atoms with Gasteiger partial charge >= 0.3 is 0 Å². The standard InChI is InChI=1S/C33H32F2N4O3/c1-20(23-11-15-26(34)16-12-23)37-32(41)28(33(42)38-21(2)24-13-17-27(35)18-14-24)19-22-7-9-25(10-8-22)31(40)39-30-6-4-3-5-29(30)36/h3-18,20-21,28H,19,36H2,1-2H3,(H,37,41)(H,38,42)(H,39,40). The zero-order valence-corrected chi connectivity index (χ0v) is 23.2. The van der Waals surface area contributed by atoms with Crippen molar-refractivity contribution in [2.24, 2.45) is 5.92 Å². The van der Waals surface area contributed by atoms with Crippen molar-refractivity contribution in [3.8, 4) is 0 Å². The second-order valence-electron chi connectivity index (χ2n) is 10.1. The van der Waals surface area contributed by atoms with E-state index in [1.807, 2.05) is 0 Å². The summed E-state index contributed by atoms with van der Waals surface area (Å²) in [5, 5.41) is 8.47. The van der Waals surface area contributed by atoms with E-state index < -0.39 is 41.5 Å². The average molecular weight is 571 g/mol. The Hall–Kier alpha value is -5.05. The summed E-state index contributed by atoms with van der Waals surface area (Å²) in [6.07, 6.45) is 0.0531. The molecule has 0 radical (unpaired) electrons. The van der Waals surface area contributed by atoms with Gasteiger partial charge in [-0.15, -0.1) is 0 Å². The molecule has 2 atom stereocenters. The smallest absolute Gasteiger partial charge is 0.255 e. The predicted molar refractivity (Wildman–Crippen MR) is 158 cm³/mol. The molecule has 0 aliphatic rings. The fraction of sp³-hybridized carbons (Fsp3) is 0.182. The number of nitrogens with two attached hydrogens (primary N) is 1. The molecule has 4 rings (SSSR count). The highest BCUT2D eigenvalue weighted by atomic mass is 19.1. The number of hydrogen-bond acceptors (Lipinski definition) is 4. The molecule has 0 aliphatic carbocycles. The molecule has 3 amide bonds. The van der Waals surface area contributed by atoms with Crippen LogP contribution in [0.5, 0.6) is 0 Å². The van der Waals surface area contributed by atoms with E-state index in [0.717, 1.165) is 0 Å². The van der Waals surface area contributed by atoms with Gasteiger partial charge in [0.25, 0.3) is 5.91 Å². The Labute approximate surface area is 243 Å². The van der Waals surface area contributed by atoms with E-state index >= 15 is 0 Å².